The fourth-order valence-electron chi connectivity index (χ4n) is 1.62. The number of carbonyl (C=O) groups excluding carboxylic acids is 1. The Kier molecular flexibility index (Phi) is 4.54. The number of rotatable bonds is 3. The van der Waals surface area contributed by atoms with Crippen LogP contribution in [0.15, 0.2) is 46.9 Å². The molecule has 2 aromatic carbocycles. The molecule has 108 valence electrons. The number of aromatic carboxylic acids is 1. The molecule has 0 radical (unpaired) electrons. The Morgan fingerprint density at radius 2 is 1.71 bits per heavy atom. The average Bonchev–Trinajstić information content (AvgIpc) is 2.43. The second-order valence-corrected chi connectivity index (χ2v) is 5.00. The van der Waals surface area contributed by atoms with E-state index in [4.69, 9.17) is 5.11 Å². The van der Waals surface area contributed by atoms with Gasteiger partial charge in [0.05, 0.1) is 11.3 Å². The van der Waals surface area contributed by atoms with E-state index in [0.717, 1.165) is 0 Å². The fraction of sp³-hybridized carbons (Fsp3) is 0. The number of hydrogen-bond donors (Lipinski definition) is 3. The van der Waals surface area contributed by atoms with E-state index in [9.17, 15) is 14.0 Å². The van der Waals surface area contributed by atoms with Gasteiger partial charge in [-0.05, 0) is 42.5 Å². The van der Waals surface area contributed by atoms with E-state index < -0.39 is 17.8 Å². The van der Waals surface area contributed by atoms with Crippen LogP contribution in [0.2, 0.25) is 0 Å². The van der Waals surface area contributed by atoms with Crippen LogP contribution in [0.5, 0.6) is 0 Å². The van der Waals surface area contributed by atoms with E-state index in [0.29, 0.717) is 10.2 Å². The molecule has 7 heteroatoms. The summed E-state index contributed by atoms with van der Waals surface area (Å²) in [5.74, 6) is -1.57. The third-order valence-electron chi connectivity index (χ3n) is 2.56. The van der Waals surface area contributed by atoms with Gasteiger partial charge in [0.2, 0.25) is 0 Å². The Morgan fingerprint density at radius 3 is 2.33 bits per heavy atom. The number of benzene rings is 2. The Balaban J connectivity index is 2.12. The maximum absolute atomic E-state index is 12.8. The molecule has 2 amide bonds. The molecular formula is C14H10BrFN2O3. The van der Waals surface area contributed by atoms with Gasteiger partial charge in [-0.2, -0.15) is 0 Å². The zero-order chi connectivity index (χ0) is 15.4. The zero-order valence-electron chi connectivity index (χ0n) is 10.6. The minimum absolute atomic E-state index is 0.0429. The highest BCUT2D eigenvalue weighted by atomic mass is 79.9. The number of anilines is 2. The van der Waals surface area contributed by atoms with Crippen LogP contribution < -0.4 is 10.6 Å². The largest absolute Gasteiger partial charge is 0.478 e. The van der Waals surface area contributed by atoms with Gasteiger partial charge in [0.1, 0.15) is 5.82 Å². The summed E-state index contributed by atoms with van der Waals surface area (Å²) in [5.41, 5.74) is 0.506. The van der Waals surface area contributed by atoms with Gasteiger partial charge >= 0.3 is 12.0 Å². The van der Waals surface area contributed by atoms with Gasteiger partial charge in [0.15, 0.2) is 0 Å². The summed E-state index contributed by atoms with van der Waals surface area (Å²) in [6.07, 6.45) is 0. The van der Waals surface area contributed by atoms with Crippen molar-refractivity contribution >= 4 is 39.3 Å². The normalized spacial score (nSPS) is 10.0. The fourth-order valence-corrected chi connectivity index (χ4v) is 1.98. The highest BCUT2D eigenvalue weighted by Crippen LogP contribution is 2.21. The summed E-state index contributed by atoms with van der Waals surface area (Å²) in [6.45, 7) is 0. The summed E-state index contributed by atoms with van der Waals surface area (Å²) < 4.78 is 13.3. The van der Waals surface area contributed by atoms with E-state index in [1.165, 1.54) is 36.4 Å². The molecule has 0 saturated carbocycles. The first kappa shape index (κ1) is 15.0. The van der Waals surface area contributed by atoms with Gasteiger partial charge in [-0.15, -0.1) is 0 Å². The second kappa shape index (κ2) is 6.36. The number of nitrogens with one attached hydrogen (secondary N) is 2. The maximum Gasteiger partial charge on any atom is 0.337 e. The molecule has 2 rings (SSSR count). The van der Waals surface area contributed by atoms with Crippen molar-refractivity contribution in [2.75, 3.05) is 10.6 Å². The molecule has 2 aromatic rings. The summed E-state index contributed by atoms with van der Waals surface area (Å²) in [5, 5.41) is 14.0. The van der Waals surface area contributed by atoms with Gasteiger partial charge in [0.25, 0.3) is 0 Å². The number of hydrogen-bond acceptors (Lipinski definition) is 2. The van der Waals surface area contributed by atoms with Crippen LogP contribution >= 0.6 is 15.9 Å². The monoisotopic (exact) mass is 352 g/mol. The first-order valence-corrected chi connectivity index (χ1v) is 6.61. The van der Waals surface area contributed by atoms with E-state index in [-0.39, 0.29) is 11.3 Å². The van der Waals surface area contributed by atoms with Crippen LogP contribution in [-0.2, 0) is 0 Å². The average molecular weight is 353 g/mol. The lowest BCUT2D eigenvalue weighted by atomic mass is 10.2. The standard InChI is InChI=1S/C14H10BrFN2O3/c15-8-1-6-12(11(7-8)13(19)20)18-14(21)17-10-4-2-9(16)3-5-10/h1-7H,(H,19,20)(H2,17,18,21). The Morgan fingerprint density at radius 1 is 1.05 bits per heavy atom. The molecule has 0 atom stereocenters. The lowest BCUT2D eigenvalue weighted by Crippen LogP contribution is -2.21. The predicted molar refractivity (Wildman–Crippen MR) is 80.1 cm³/mol. The molecule has 0 aliphatic rings. The molecule has 0 unspecified atom stereocenters. The lowest BCUT2D eigenvalue weighted by molar-refractivity contribution is 0.0698. The van der Waals surface area contributed by atoms with Crippen molar-refractivity contribution in [2.24, 2.45) is 0 Å². The SMILES string of the molecule is O=C(Nc1ccc(F)cc1)Nc1ccc(Br)cc1C(=O)O. The number of halogens is 2. The smallest absolute Gasteiger partial charge is 0.337 e. The molecule has 0 saturated heterocycles. The molecule has 5 nitrogen and oxygen atoms in total. The van der Waals surface area contributed by atoms with E-state index in [2.05, 4.69) is 26.6 Å². The quantitative estimate of drug-likeness (QED) is 0.782. The molecule has 0 aliphatic carbocycles. The van der Waals surface area contributed by atoms with Crippen molar-refractivity contribution in [3.63, 3.8) is 0 Å². The van der Waals surface area contributed by atoms with Crippen molar-refractivity contribution in [3.8, 4) is 0 Å². The van der Waals surface area contributed by atoms with E-state index in [1.54, 1.807) is 6.07 Å². The van der Waals surface area contributed by atoms with Crippen molar-refractivity contribution in [3.05, 3.63) is 58.3 Å². The number of urea groups is 1. The molecule has 0 spiro atoms. The topological polar surface area (TPSA) is 78.4 Å². The summed E-state index contributed by atoms with van der Waals surface area (Å²) in [4.78, 5) is 22.9. The Hall–Kier alpha value is -2.41. The van der Waals surface area contributed by atoms with Gasteiger partial charge in [-0.1, -0.05) is 15.9 Å². The van der Waals surface area contributed by atoms with Crippen LogP contribution in [-0.4, -0.2) is 17.1 Å². The summed E-state index contributed by atoms with van der Waals surface area (Å²) in [7, 11) is 0. The summed E-state index contributed by atoms with van der Waals surface area (Å²) in [6, 6.07) is 9.05. The molecular weight excluding hydrogens is 343 g/mol. The van der Waals surface area contributed by atoms with Crippen molar-refractivity contribution in [2.45, 2.75) is 0 Å². The first-order chi connectivity index (χ1) is 9.95. The van der Waals surface area contributed by atoms with Crippen LogP contribution in [0.1, 0.15) is 10.4 Å². The first-order valence-electron chi connectivity index (χ1n) is 5.82. The molecule has 0 heterocycles. The Labute approximate surface area is 127 Å². The third kappa shape index (κ3) is 4.03. The minimum Gasteiger partial charge on any atom is -0.478 e. The predicted octanol–water partition coefficient (Wildman–Crippen LogP) is 3.93. The van der Waals surface area contributed by atoms with Crippen LogP contribution in [0.25, 0.3) is 0 Å². The van der Waals surface area contributed by atoms with Crippen molar-refractivity contribution < 1.29 is 19.1 Å². The number of carboxylic acids is 1. The summed E-state index contributed by atoms with van der Waals surface area (Å²) >= 11 is 3.16. The molecule has 0 fully saturated rings. The number of carbonyl (C=O) groups is 2. The highest BCUT2D eigenvalue weighted by Gasteiger charge is 2.13. The molecule has 0 aromatic heterocycles. The van der Waals surface area contributed by atoms with Crippen LogP contribution in [0.4, 0.5) is 20.6 Å². The van der Waals surface area contributed by atoms with Gasteiger partial charge in [-0.3, -0.25) is 0 Å². The van der Waals surface area contributed by atoms with Crippen molar-refractivity contribution in [1.82, 2.24) is 0 Å². The molecule has 21 heavy (non-hydrogen) atoms. The maximum atomic E-state index is 12.8. The second-order valence-electron chi connectivity index (χ2n) is 4.08. The van der Waals surface area contributed by atoms with Crippen molar-refractivity contribution in [1.29, 1.82) is 0 Å². The molecule has 0 aliphatic heterocycles. The number of carboxylic acid groups (broad SMARTS) is 1. The lowest BCUT2D eigenvalue weighted by Gasteiger charge is -2.10. The van der Waals surface area contributed by atoms with E-state index >= 15 is 0 Å². The minimum atomic E-state index is -1.16. The zero-order valence-corrected chi connectivity index (χ0v) is 12.1. The molecule has 0 bridgehead atoms. The van der Waals surface area contributed by atoms with Crippen LogP contribution in [0.3, 0.4) is 0 Å². The highest BCUT2D eigenvalue weighted by molar-refractivity contribution is 9.10. The van der Waals surface area contributed by atoms with Gasteiger partial charge < -0.3 is 15.7 Å². The molecule has 3 N–H and O–H groups in total. The Bertz CT molecular complexity index is 689. The van der Waals surface area contributed by atoms with Crippen LogP contribution in [0, 0.1) is 5.82 Å². The van der Waals surface area contributed by atoms with E-state index in [1.807, 2.05) is 0 Å². The third-order valence-corrected chi connectivity index (χ3v) is 3.06. The van der Waals surface area contributed by atoms with Gasteiger partial charge in [-0.25, -0.2) is 14.0 Å². The number of amides is 2. The van der Waals surface area contributed by atoms with Gasteiger partial charge in [0, 0.05) is 10.2 Å².